The molecular formula is C20H31N4O5+. The Morgan fingerprint density at radius 3 is 2.52 bits per heavy atom. The van der Waals surface area contributed by atoms with Crippen LogP contribution in [0.5, 0.6) is 5.75 Å². The molecule has 1 unspecified atom stereocenters. The van der Waals surface area contributed by atoms with Crippen molar-refractivity contribution in [2.45, 2.75) is 25.8 Å². The van der Waals surface area contributed by atoms with Gasteiger partial charge in [0.1, 0.15) is 5.75 Å². The first-order valence-electron chi connectivity index (χ1n) is 9.87. The zero-order valence-corrected chi connectivity index (χ0v) is 17.3. The van der Waals surface area contributed by atoms with Gasteiger partial charge >= 0.3 is 6.09 Å². The van der Waals surface area contributed by atoms with Crippen LogP contribution in [0.3, 0.4) is 0 Å². The van der Waals surface area contributed by atoms with Crippen molar-refractivity contribution in [1.82, 2.24) is 10.2 Å². The summed E-state index contributed by atoms with van der Waals surface area (Å²) in [7, 11) is 3.37. The molecule has 1 heterocycles. The Kier molecular flexibility index (Phi) is 8.72. The number of methoxy groups -OCH3 is 1. The van der Waals surface area contributed by atoms with Gasteiger partial charge in [0.2, 0.25) is 0 Å². The Balaban J connectivity index is 1.69. The molecule has 9 heteroatoms. The number of nitrogens with one attached hydrogen (secondary N) is 3. The molecule has 3 N–H and O–H groups in total. The van der Waals surface area contributed by atoms with Gasteiger partial charge in [0.05, 0.1) is 20.8 Å². The number of carbonyl (C=O) groups is 3. The molecule has 2 rings (SSSR count). The Hall–Kier alpha value is -2.81. The molecule has 0 bridgehead atoms. The van der Waals surface area contributed by atoms with Crippen molar-refractivity contribution >= 4 is 23.6 Å². The van der Waals surface area contributed by atoms with Crippen LogP contribution in [0.15, 0.2) is 24.3 Å². The van der Waals surface area contributed by atoms with Gasteiger partial charge < -0.3 is 29.9 Å². The van der Waals surface area contributed by atoms with Gasteiger partial charge in [-0.05, 0) is 31.9 Å². The van der Waals surface area contributed by atoms with Crippen LogP contribution in [0.2, 0.25) is 0 Å². The van der Waals surface area contributed by atoms with Gasteiger partial charge in [-0.25, -0.2) is 4.79 Å². The van der Waals surface area contributed by atoms with E-state index in [0.29, 0.717) is 44.0 Å². The van der Waals surface area contributed by atoms with Gasteiger partial charge in [0.15, 0.2) is 13.1 Å². The SMILES string of the molecule is CCOC(=O)N1CCC(NC(=O)C[NH+](C)CC(=O)Nc2cccc(OC)c2)CC1. The Bertz CT molecular complexity index is 704. The molecule has 0 aliphatic carbocycles. The Labute approximate surface area is 171 Å². The number of carbonyl (C=O) groups excluding carboxylic acids is 3. The van der Waals surface area contributed by atoms with Crippen LogP contribution in [-0.2, 0) is 14.3 Å². The fourth-order valence-electron chi connectivity index (χ4n) is 3.22. The van der Waals surface area contributed by atoms with Crippen molar-refractivity contribution < 1.29 is 28.8 Å². The van der Waals surface area contributed by atoms with Crippen LogP contribution < -0.4 is 20.3 Å². The van der Waals surface area contributed by atoms with Crippen LogP contribution in [-0.4, -0.2) is 75.8 Å². The van der Waals surface area contributed by atoms with Crippen LogP contribution in [0.4, 0.5) is 10.5 Å². The number of amides is 3. The second-order valence-corrected chi connectivity index (χ2v) is 7.12. The lowest BCUT2D eigenvalue weighted by atomic mass is 10.1. The van der Waals surface area contributed by atoms with E-state index in [0.717, 1.165) is 4.90 Å². The summed E-state index contributed by atoms with van der Waals surface area (Å²) in [6, 6.07) is 7.15. The average molecular weight is 407 g/mol. The molecule has 1 aromatic carbocycles. The maximum absolute atomic E-state index is 12.3. The predicted molar refractivity (Wildman–Crippen MR) is 108 cm³/mol. The highest BCUT2D eigenvalue weighted by Gasteiger charge is 2.25. The van der Waals surface area contributed by atoms with Gasteiger partial charge in [0, 0.05) is 30.9 Å². The molecule has 0 radical (unpaired) electrons. The zero-order valence-electron chi connectivity index (χ0n) is 17.3. The molecule has 1 aliphatic rings. The molecule has 29 heavy (non-hydrogen) atoms. The number of hydrogen-bond donors (Lipinski definition) is 3. The van der Waals surface area contributed by atoms with Crippen molar-refractivity contribution in [2.75, 3.05) is 52.3 Å². The third-order valence-electron chi connectivity index (χ3n) is 4.66. The lowest BCUT2D eigenvalue weighted by Crippen LogP contribution is -3.11. The summed E-state index contributed by atoms with van der Waals surface area (Å²) in [4.78, 5) is 38.6. The molecule has 0 spiro atoms. The number of ether oxygens (including phenoxy) is 2. The average Bonchev–Trinajstić information content (AvgIpc) is 2.68. The molecule has 0 saturated carbocycles. The first-order valence-corrected chi connectivity index (χ1v) is 9.87. The summed E-state index contributed by atoms with van der Waals surface area (Å²) in [5, 5.41) is 5.80. The number of benzene rings is 1. The quantitative estimate of drug-likeness (QED) is 0.558. The van der Waals surface area contributed by atoms with Gasteiger partial charge in [0.25, 0.3) is 11.8 Å². The topological polar surface area (TPSA) is 101 Å². The minimum Gasteiger partial charge on any atom is -0.497 e. The summed E-state index contributed by atoms with van der Waals surface area (Å²) < 4.78 is 10.1. The van der Waals surface area contributed by atoms with Gasteiger partial charge in [-0.1, -0.05) is 6.07 Å². The van der Waals surface area contributed by atoms with Crippen molar-refractivity contribution in [3.63, 3.8) is 0 Å². The standard InChI is InChI=1S/C20H30N4O5/c1-4-29-20(27)24-10-8-15(9-11-24)21-18(25)13-23(2)14-19(26)22-16-6-5-7-17(12-16)28-3/h5-7,12,15H,4,8-11,13-14H2,1-3H3,(H,21,25)(H,22,26)/p+1. The van der Waals surface area contributed by atoms with Crippen LogP contribution in [0, 0.1) is 0 Å². The van der Waals surface area contributed by atoms with Gasteiger partial charge in [-0.15, -0.1) is 0 Å². The maximum atomic E-state index is 12.3. The lowest BCUT2D eigenvalue weighted by molar-refractivity contribution is -0.862. The van der Waals surface area contributed by atoms with Crippen molar-refractivity contribution in [1.29, 1.82) is 0 Å². The third-order valence-corrected chi connectivity index (χ3v) is 4.66. The fraction of sp³-hybridized carbons (Fsp3) is 0.550. The van der Waals surface area contributed by atoms with E-state index in [-0.39, 0.29) is 37.0 Å². The monoisotopic (exact) mass is 407 g/mol. The van der Waals surface area contributed by atoms with E-state index in [9.17, 15) is 14.4 Å². The number of rotatable bonds is 8. The molecule has 9 nitrogen and oxygen atoms in total. The highest BCUT2D eigenvalue weighted by Crippen LogP contribution is 2.16. The minimum absolute atomic E-state index is 0.0339. The number of quaternary nitrogens is 1. The van der Waals surface area contributed by atoms with Gasteiger partial charge in [-0.3, -0.25) is 9.59 Å². The summed E-state index contributed by atoms with van der Waals surface area (Å²) in [6.45, 7) is 3.64. The molecule has 3 amide bonds. The normalized spacial score (nSPS) is 15.3. The van der Waals surface area contributed by atoms with E-state index in [1.54, 1.807) is 50.2 Å². The first-order chi connectivity index (χ1) is 13.9. The molecule has 1 fully saturated rings. The first kappa shape index (κ1) is 22.5. The summed E-state index contributed by atoms with van der Waals surface area (Å²) in [6.07, 6.45) is 1.09. The fourth-order valence-corrected chi connectivity index (χ4v) is 3.22. The second kappa shape index (κ2) is 11.3. The largest absolute Gasteiger partial charge is 0.497 e. The highest BCUT2D eigenvalue weighted by atomic mass is 16.6. The Morgan fingerprint density at radius 1 is 1.17 bits per heavy atom. The minimum atomic E-state index is -0.302. The number of piperidine rings is 1. The van der Waals surface area contributed by atoms with Crippen molar-refractivity contribution in [3.05, 3.63) is 24.3 Å². The summed E-state index contributed by atoms with van der Waals surface area (Å²) in [5.41, 5.74) is 0.653. The van der Waals surface area contributed by atoms with Crippen LogP contribution in [0.25, 0.3) is 0 Å². The highest BCUT2D eigenvalue weighted by molar-refractivity contribution is 5.91. The predicted octanol–water partition coefficient (Wildman–Crippen LogP) is -0.114. The van der Waals surface area contributed by atoms with Gasteiger partial charge in [-0.2, -0.15) is 0 Å². The number of nitrogens with zero attached hydrogens (tertiary/aromatic N) is 1. The number of anilines is 1. The van der Waals surface area contributed by atoms with Crippen molar-refractivity contribution in [2.24, 2.45) is 0 Å². The van der Waals surface area contributed by atoms with E-state index >= 15 is 0 Å². The van der Waals surface area contributed by atoms with Crippen molar-refractivity contribution in [3.8, 4) is 5.75 Å². The molecule has 1 saturated heterocycles. The number of hydrogen-bond acceptors (Lipinski definition) is 5. The molecular weight excluding hydrogens is 376 g/mol. The Morgan fingerprint density at radius 2 is 1.86 bits per heavy atom. The number of likely N-dealkylation sites (tertiary alicyclic amines) is 1. The summed E-state index contributed by atoms with van der Waals surface area (Å²) in [5.74, 6) is 0.384. The summed E-state index contributed by atoms with van der Waals surface area (Å²) >= 11 is 0. The zero-order chi connectivity index (χ0) is 21.2. The van der Waals surface area contributed by atoms with E-state index in [2.05, 4.69) is 10.6 Å². The lowest BCUT2D eigenvalue weighted by Gasteiger charge is -2.31. The van der Waals surface area contributed by atoms with E-state index < -0.39 is 0 Å². The second-order valence-electron chi connectivity index (χ2n) is 7.12. The molecule has 1 aromatic rings. The van der Waals surface area contributed by atoms with E-state index in [4.69, 9.17) is 9.47 Å². The molecule has 0 aromatic heterocycles. The maximum Gasteiger partial charge on any atom is 0.409 e. The third kappa shape index (κ3) is 7.61. The smallest absolute Gasteiger partial charge is 0.409 e. The number of likely N-dealkylation sites (N-methyl/N-ethyl adjacent to an activating group) is 1. The van der Waals surface area contributed by atoms with Crippen LogP contribution in [0.1, 0.15) is 19.8 Å². The molecule has 160 valence electrons. The molecule has 1 atom stereocenters. The van der Waals surface area contributed by atoms with E-state index in [1.165, 1.54) is 0 Å². The molecule has 1 aliphatic heterocycles. The van der Waals surface area contributed by atoms with Crippen LogP contribution >= 0.6 is 0 Å². The van der Waals surface area contributed by atoms with E-state index in [1.807, 2.05) is 0 Å².